The Morgan fingerprint density at radius 2 is 2.17 bits per heavy atom. The highest BCUT2D eigenvalue weighted by Gasteiger charge is 2.24. The van der Waals surface area contributed by atoms with Crippen LogP contribution in [0.5, 0.6) is 10.9 Å². The number of aromatic nitrogens is 1. The third kappa shape index (κ3) is 3.98. The molecule has 0 atom stereocenters. The molecule has 130 valence electrons. The zero-order valence-electron chi connectivity index (χ0n) is 14.3. The minimum absolute atomic E-state index is 0.141. The first-order valence-electron chi connectivity index (χ1n) is 8.58. The lowest BCUT2D eigenvalue weighted by atomic mass is 10.1. The van der Waals surface area contributed by atoms with Crippen LogP contribution in [0.25, 0.3) is 10.2 Å². The summed E-state index contributed by atoms with van der Waals surface area (Å²) in [6.07, 6.45) is 4.59. The van der Waals surface area contributed by atoms with Crippen molar-refractivity contribution >= 4 is 27.5 Å². The van der Waals surface area contributed by atoms with Crippen LogP contribution < -0.4 is 9.47 Å². The van der Waals surface area contributed by atoms with Gasteiger partial charge in [-0.15, -0.1) is 0 Å². The maximum atomic E-state index is 12.1. The SMILES string of the molecule is CCCCC(=O)N1CCC(Oc2nc3ccc(OC)cc3s2)CC1. The monoisotopic (exact) mass is 348 g/mol. The molecule has 1 aliphatic rings. The third-order valence-corrected chi connectivity index (χ3v) is 5.29. The average molecular weight is 348 g/mol. The standard InChI is InChI=1S/C18H24N2O3S/c1-3-4-5-17(21)20-10-8-13(9-11-20)23-18-19-15-7-6-14(22-2)12-16(15)24-18/h6-7,12-13H,3-5,8-11H2,1-2H3. The first-order valence-corrected chi connectivity index (χ1v) is 9.40. The minimum Gasteiger partial charge on any atom is -0.497 e. The molecular formula is C18H24N2O3S. The Bertz CT molecular complexity index is 693. The number of rotatable bonds is 6. The Kier molecular flexibility index (Phi) is 5.56. The van der Waals surface area contributed by atoms with Crippen LogP contribution in [0.3, 0.4) is 0 Å². The predicted molar refractivity (Wildman–Crippen MR) is 95.9 cm³/mol. The summed E-state index contributed by atoms with van der Waals surface area (Å²) in [5.74, 6) is 1.11. The molecule has 0 N–H and O–H groups in total. The highest BCUT2D eigenvalue weighted by molar-refractivity contribution is 7.20. The molecule has 0 aliphatic carbocycles. The Labute approximate surface area is 146 Å². The first-order chi connectivity index (χ1) is 11.7. The fourth-order valence-corrected chi connectivity index (χ4v) is 3.82. The summed E-state index contributed by atoms with van der Waals surface area (Å²) in [7, 11) is 1.66. The van der Waals surface area contributed by atoms with Gasteiger partial charge in [-0.1, -0.05) is 24.7 Å². The van der Waals surface area contributed by atoms with E-state index in [1.54, 1.807) is 18.4 Å². The van der Waals surface area contributed by atoms with E-state index >= 15 is 0 Å². The first kappa shape index (κ1) is 17.0. The average Bonchev–Trinajstić information content (AvgIpc) is 3.01. The summed E-state index contributed by atoms with van der Waals surface area (Å²) in [5, 5.41) is 0.703. The van der Waals surface area contributed by atoms with E-state index in [2.05, 4.69) is 11.9 Å². The molecule has 1 fully saturated rings. The zero-order valence-corrected chi connectivity index (χ0v) is 15.1. The van der Waals surface area contributed by atoms with Crippen molar-refractivity contribution in [3.8, 4) is 10.9 Å². The van der Waals surface area contributed by atoms with Gasteiger partial charge in [0.15, 0.2) is 0 Å². The van der Waals surface area contributed by atoms with Crippen molar-refractivity contribution in [3.05, 3.63) is 18.2 Å². The van der Waals surface area contributed by atoms with Crippen LogP contribution in [0, 0.1) is 0 Å². The Morgan fingerprint density at radius 1 is 1.38 bits per heavy atom. The van der Waals surface area contributed by atoms with E-state index in [0.717, 1.165) is 54.7 Å². The van der Waals surface area contributed by atoms with Crippen molar-refractivity contribution in [2.75, 3.05) is 20.2 Å². The van der Waals surface area contributed by atoms with Gasteiger partial charge >= 0.3 is 0 Å². The van der Waals surface area contributed by atoms with E-state index in [0.29, 0.717) is 11.6 Å². The number of likely N-dealkylation sites (tertiary alicyclic amines) is 1. The quantitative estimate of drug-likeness (QED) is 0.795. The van der Waals surface area contributed by atoms with Crippen LogP contribution in [0.2, 0.25) is 0 Å². The molecule has 0 bridgehead atoms. The number of thiazole rings is 1. The molecule has 2 aromatic rings. The molecule has 5 nitrogen and oxygen atoms in total. The number of hydrogen-bond donors (Lipinski definition) is 0. The molecule has 1 amide bonds. The summed E-state index contributed by atoms with van der Waals surface area (Å²) < 4.78 is 12.4. The molecule has 1 aromatic heterocycles. The summed E-state index contributed by atoms with van der Waals surface area (Å²) >= 11 is 1.54. The molecule has 0 radical (unpaired) electrons. The van der Waals surface area contributed by atoms with Gasteiger partial charge in [-0.2, -0.15) is 0 Å². The van der Waals surface area contributed by atoms with Crippen LogP contribution in [0.4, 0.5) is 0 Å². The molecule has 2 heterocycles. The molecule has 1 saturated heterocycles. The summed E-state index contributed by atoms with van der Waals surface area (Å²) in [5.41, 5.74) is 0.933. The van der Waals surface area contributed by atoms with Gasteiger partial charge in [0.05, 0.1) is 17.3 Å². The van der Waals surface area contributed by atoms with Crippen LogP contribution in [-0.4, -0.2) is 42.1 Å². The van der Waals surface area contributed by atoms with Crippen molar-refractivity contribution in [1.82, 2.24) is 9.88 Å². The number of benzene rings is 1. The lowest BCUT2D eigenvalue weighted by Gasteiger charge is -2.31. The minimum atomic E-state index is 0.141. The molecular weight excluding hydrogens is 324 g/mol. The van der Waals surface area contributed by atoms with E-state index < -0.39 is 0 Å². The molecule has 3 rings (SSSR count). The second-order valence-corrected chi connectivity index (χ2v) is 7.11. The van der Waals surface area contributed by atoms with E-state index in [4.69, 9.17) is 9.47 Å². The van der Waals surface area contributed by atoms with Gasteiger partial charge in [0.25, 0.3) is 5.19 Å². The van der Waals surface area contributed by atoms with Crippen molar-refractivity contribution < 1.29 is 14.3 Å². The van der Waals surface area contributed by atoms with E-state index in [1.807, 2.05) is 23.1 Å². The van der Waals surface area contributed by atoms with E-state index in [-0.39, 0.29) is 12.0 Å². The number of carbonyl (C=O) groups excluding carboxylic acids is 1. The number of ether oxygens (including phenoxy) is 2. The normalized spacial score (nSPS) is 15.7. The van der Waals surface area contributed by atoms with Gasteiger partial charge in [-0.05, 0) is 24.6 Å². The number of nitrogens with zero attached hydrogens (tertiary/aromatic N) is 2. The molecule has 0 saturated carbocycles. The van der Waals surface area contributed by atoms with Crippen LogP contribution in [0.15, 0.2) is 18.2 Å². The summed E-state index contributed by atoms with van der Waals surface area (Å²) in [6.45, 7) is 3.68. The lowest BCUT2D eigenvalue weighted by Crippen LogP contribution is -2.41. The van der Waals surface area contributed by atoms with Crippen LogP contribution >= 0.6 is 11.3 Å². The number of amides is 1. The lowest BCUT2D eigenvalue weighted by molar-refractivity contribution is -0.133. The van der Waals surface area contributed by atoms with E-state index in [9.17, 15) is 4.79 Å². The van der Waals surface area contributed by atoms with Crippen molar-refractivity contribution in [2.24, 2.45) is 0 Å². The number of hydrogen-bond acceptors (Lipinski definition) is 5. The maximum Gasteiger partial charge on any atom is 0.274 e. The molecule has 1 aliphatic heterocycles. The number of piperidine rings is 1. The Morgan fingerprint density at radius 3 is 2.88 bits per heavy atom. The van der Waals surface area contributed by atoms with Gasteiger partial charge < -0.3 is 14.4 Å². The molecule has 1 aromatic carbocycles. The van der Waals surface area contributed by atoms with Gasteiger partial charge in [0, 0.05) is 32.4 Å². The van der Waals surface area contributed by atoms with Gasteiger partial charge in [0.2, 0.25) is 5.91 Å². The summed E-state index contributed by atoms with van der Waals surface area (Å²) in [6, 6.07) is 5.84. The Hall–Kier alpha value is -1.82. The number of fused-ring (bicyclic) bond motifs is 1. The largest absolute Gasteiger partial charge is 0.497 e. The molecule has 0 spiro atoms. The van der Waals surface area contributed by atoms with Crippen LogP contribution in [0.1, 0.15) is 39.0 Å². The highest BCUT2D eigenvalue weighted by atomic mass is 32.1. The number of methoxy groups -OCH3 is 1. The van der Waals surface area contributed by atoms with Gasteiger partial charge in [0.1, 0.15) is 11.9 Å². The highest BCUT2D eigenvalue weighted by Crippen LogP contribution is 2.32. The maximum absolute atomic E-state index is 12.1. The van der Waals surface area contributed by atoms with E-state index in [1.165, 1.54) is 0 Å². The molecule has 6 heteroatoms. The van der Waals surface area contributed by atoms with Crippen molar-refractivity contribution in [1.29, 1.82) is 0 Å². The smallest absolute Gasteiger partial charge is 0.274 e. The predicted octanol–water partition coefficient (Wildman–Crippen LogP) is 3.86. The second kappa shape index (κ2) is 7.83. The Balaban J connectivity index is 1.55. The number of unbranched alkanes of at least 4 members (excludes halogenated alkanes) is 1. The second-order valence-electron chi connectivity index (χ2n) is 6.11. The summed E-state index contributed by atoms with van der Waals surface area (Å²) in [4.78, 5) is 18.6. The zero-order chi connectivity index (χ0) is 16.9. The third-order valence-electron chi connectivity index (χ3n) is 4.38. The topological polar surface area (TPSA) is 51.7 Å². The van der Waals surface area contributed by atoms with Gasteiger partial charge in [-0.3, -0.25) is 4.79 Å². The number of carbonyl (C=O) groups is 1. The van der Waals surface area contributed by atoms with Crippen LogP contribution in [-0.2, 0) is 4.79 Å². The fourth-order valence-electron chi connectivity index (χ4n) is 2.91. The van der Waals surface area contributed by atoms with Crippen molar-refractivity contribution in [2.45, 2.75) is 45.1 Å². The fraction of sp³-hybridized carbons (Fsp3) is 0.556. The van der Waals surface area contributed by atoms with Gasteiger partial charge in [-0.25, -0.2) is 4.98 Å². The van der Waals surface area contributed by atoms with Crippen molar-refractivity contribution in [3.63, 3.8) is 0 Å². The molecule has 24 heavy (non-hydrogen) atoms. The molecule has 0 unspecified atom stereocenters.